The molecule has 0 unspecified atom stereocenters. The van der Waals surface area contributed by atoms with Crippen LogP contribution in [0.1, 0.15) is 42.6 Å². The summed E-state index contributed by atoms with van der Waals surface area (Å²) in [6.45, 7) is 8.10. The van der Waals surface area contributed by atoms with E-state index in [0.29, 0.717) is 5.56 Å². The number of benzene rings is 2. The lowest BCUT2D eigenvalue weighted by molar-refractivity contribution is 0.0696. The van der Waals surface area contributed by atoms with Crippen molar-refractivity contribution in [2.75, 3.05) is 18.0 Å². The number of nitrogens with zero attached hydrogens (tertiary/aromatic N) is 1. The molecular weight excluding hydrogens is 318 g/mol. The van der Waals surface area contributed by atoms with E-state index in [-0.39, 0.29) is 0 Å². The molecule has 0 aliphatic rings. The molecule has 1 N–H and O–H groups in total. The van der Waals surface area contributed by atoms with Crippen LogP contribution in [0, 0.1) is 6.92 Å². The monoisotopic (exact) mass is 343 g/mol. The predicted octanol–water partition coefficient (Wildman–Crippen LogP) is 5.47. The molecule has 128 valence electrons. The highest BCUT2D eigenvalue weighted by Gasteiger charge is 2.17. The Kier molecular flexibility index (Phi) is 6.73. The maximum Gasteiger partial charge on any atom is 0.335 e. The first-order valence-electron chi connectivity index (χ1n) is 8.42. The second-order valence-corrected chi connectivity index (χ2v) is 6.88. The molecule has 0 aliphatic heterocycles. The number of aryl methyl sites for hydroxylation is 1. The molecule has 0 aromatic heterocycles. The zero-order chi connectivity index (χ0) is 17.5. The fraction of sp³-hybridized carbons (Fsp3) is 0.350. The van der Waals surface area contributed by atoms with E-state index in [2.05, 4.69) is 30.9 Å². The molecule has 2 aromatic rings. The molecule has 0 aliphatic carbocycles. The summed E-state index contributed by atoms with van der Waals surface area (Å²) < 4.78 is 0. The van der Waals surface area contributed by atoms with Gasteiger partial charge in [0, 0.05) is 22.9 Å². The van der Waals surface area contributed by atoms with Crippen LogP contribution in [-0.4, -0.2) is 24.2 Å². The summed E-state index contributed by atoms with van der Waals surface area (Å²) in [5.74, 6) is -0.873. The SMILES string of the molecule is CCCCN(CC)c1cc(C(=O)O)cc(C)c1Sc1ccccc1. The van der Waals surface area contributed by atoms with Crippen molar-refractivity contribution in [3.8, 4) is 0 Å². The van der Waals surface area contributed by atoms with E-state index in [9.17, 15) is 9.90 Å². The molecule has 3 nitrogen and oxygen atoms in total. The minimum absolute atomic E-state index is 0.356. The van der Waals surface area contributed by atoms with E-state index in [1.54, 1.807) is 17.8 Å². The molecule has 0 spiro atoms. The van der Waals surface area contributed by atoms with Gasteiger partial charge in [-0.05, 0) is 50.1 Å². The van der Waals surface area contributed by atoms with Crippen LogP contribution >= 0.6 is 11.8 Å². The van der Waals surface area contributed by atoms with Crippen LogP contribution in [0.25, 0.3) is 0 Å². The van der Waals surface area contributed by atoms with Gasteiger partial charge in [-0.25, -0.2) is 4.79 Å². The number of aromatic carboxylic acids is 1. The number of unbranched alkanes of at least 4 members (excludes halogenated alkanes) is 1. The average molecular weight is 343 g/mol. The number of hydrogen-bond donors (Lipinski definition) is 1. The largest absolute Gasteiger partial charge is 0.478 e. The second-order valence-electron chi connectivity index (χ2n) is 5.79. The van der Waals surface area contributed by atoms with Crippen molar-refractivity contribution in [3.05, 3.63) is 53.6 Å². The first kappa shape index (κ1) is 18.4. The zero-order valence-corrected chi connectivity index (χ0v) is 15.4. The summed E-state index contributed by atoms with van der Waals surface area (Å²) in [6, 6.07) is 13.8. The Bertz CT molecular complexity index is 686. The molecular formula is C20H25NO2S. The molecule has 0 heterocycles. The van der Waals surface area contributed by atoms with Gasteiger partial charge in [0.1, 0.15) is 0 Å². The lowest BCUT2D eigenvalue weighted by Gasteiger charge is -2.27. The first-order valence-corrected chi connectivity index (χ1v) is 9.24. The van der Waals surface area contributed by atoms with Gasteiger partial charge in [-0.1, -0.05) is 43.3 Å². The normalized spacial score (nSPS) is 10.6. The summed E-state index contributed by atoms with van der Waals surface area (Å²) in [6.07, 6.45) is 2.22. The summed E-state index contributed by atoms with van der Waals surface area (Å²) in [5, 5.41) is 9.42. The van der Waals surface area contributed by atoms with E-state index < -0.39 is 5.97 Å². The van der Waals surface area contributed by atoms with Crippen molar-refractivity contribution in [1.29, 1.82) is 0 Å². The Morgan fingerprint density at radius 3 is 2.46 bits per heavy atom. The molecule has 0 radical (unpaired) electrons. The van der Waals surface area contributed by atoms with E-state index in [4.69, 9.17) is 0 Å². The van der Waals surface area contributed by atoms with E-state index in [1.165, 1.54) is 0 Å². The van der Waals surface area contributed by atoms with Crippen molar-refractivity contribution in [2.45, 2.75) is 43.4 Å². The Morgan fingerprint density at radius 1 is 1.17 bits per heavy atom. The lowest BCUT2D eigenvalue weighted by Crippen LogP contribution is -2.25. The van der Waals surface area contributed by atoms with Crippen LogP contribution in [0.2, 0.25) is 0 Å². The fourth-order valence-corrected chi connectivity index (χ4v) is 3.69. The van der Waals surface area contributed by atoms with Crippen LogP contribution < -0.4 is 4.90 Å². The van der Waals surface area contributed by atoms with Gasteiger partial charge in [-0.3, -0.25) is 0 Å². The summed E-state index contributed by atoms with van der Waals surface area (Å²) in [7, 11) is 0. The van der Waals surface area contributed by atoms with Crippen LogP contribution in [0.15, 0.2) is 52.3 Å². The number of carbonyl (C=O) groups is 1. The van der Waals surface area contributed by atoms with Crippen molar-refractivity contribution in [1.82, 2.24) is 0 Å². The molecule has 0 atom stereocenters. The number of anilines is 1. The lowest BCUT2D eigenvalue weighted by atomic mass is 10.1. The van der Waals surface area contributed by atoms with Gasteiger partial charge >= 0.3 is 5.97 Å². The van der Waals surface area contributed by atoms with Crippen LogP contribution in [0.3, 0.4) is 0 Å². The Morgan fingerprint density at radius 2 is 1.88 bits per heavy atom. The molecule has 0 saturated carbocycles. The highest BCUT2D eigenvalue weighted by Crippen LogP contribution is 2.39. The van der Waals surface area contributed by atoms with Crippen LogP contribution in [0.4, 0.5) is 5.69 Å². The molecule has 24 heavy (non-hydrogen) atoms. The summed E-state index contributed by atoms with van der Waals surface area (Å²) in [5.41, 5.74) is 2.39. The number of hydrogen-bond acceptors (Lipinski definition) is 3. The number of carboxylic acid groups (broad SMARTS) is 1. The Labute approximate surface area is 148 Å². The molecule has 0 amide bonds. The minimum Gasteiger partial charge on any atom is -0.478 e. The predicted molar refractivity (Wildman–Crippen MR) is 101 cm³/mol. The zero-order valence-electron chi connectivity index (χ0n) is 14.6. The minimum atomic E-state index is -0.873. The summed E-state index contributed by atoms with van der Waals surface area (Å²) >= 11 is 1.70. The molecule has 0 bridgehead atoms. The Hall–Kier alpha value is -1.94. The summed E-state index contributed by atoms with van der Waals surface area (Å²) in [4.78, 5) is 16.1. The van der Waals surface area contributed by atoms with Gasteiger partial charge in [0.15, 0.2) is 0 Å². The third-order valence-electron chi connectivity index (χ3n) is 3.97. The van der Waals surface area contributed by atoms with Gasteiger partial charge in [-0.2, -0.15) is 0 Å². The van der Waals surface area contributed by atoms with E-state index >= 15 is 0 Å². The maximum absolute atomic E-state index is 11.5. The third kappa shape index (κ3) is 4.54. The number of carboxylic acids is 1. The highest BCUT2D eigenvalue weighted by molar-refractivity contribution is 7.99. The molecule has 2 rings (SSSR count). The molecule has 4 heteroatoms. The van der Waals surface area contributed by atoms with Gasteiger partial charge in [-0.15, -0.1) is 0 Å². The topological polar surface area (TPSA) is 40.5 Å². The average Bonchev–Trinajstić information content (AvgIpc) is 2.58. The van der Waals surface area contributed by atoms with Crippen LogP contribution in [0.5, 0.6) is 0 Å². The third-order valence-corrected chi connectivity index (χ3v) is 5.21. The van der Waals surface area contributed by atoms with Crippen molar-refractivity contribution in [2.24, 2.45) is 0 Å². The van der Waals surface area contributed by atoms with Crippen molar-refractivity contribution >= 4 is 23.4 Å². The molecule has 0 fully saturated rings. The maximum atomic E-state index is 11.5. The van der Waals surface area contributed by atoms with E-state index in [1.807, 2.05) is 31.2 Å². The fourth-order valence-electron chi connectivity index (χ4n) is 2.65. The first-order chi connectivity index (χ1) is 11.6. The van der Waals surface area contributed by atoms with E-state index in [0.717, 1.165) is 47.0 Å². The standard InChI is InChI=1S/C20H25NO2S/c1-4-6-12-21(5-2)18-14-16(20(22)23)13-15(3)19(18)24-17-10-8-7-9-11-17/h7-11,13-14H,4-6,12H2,1-3H3,(H,22,23). The quantitative estimate of drug-likeness (QED) is 0.690. The van der Waals surface area contributed by atoms with Gasteiger partial charge < -0.3 is 10.0 Å². The van der Waals surface area contributed by atoms with Crippen LogP contribution in [-0.2, 0) is 0 Å². The van der Waals surface area contributed by atoms with Gasteiger partial charge in [0.05, 0.1) is 11.3 Å². The Balaban J connectivity index is 2.48. The van der Waals surface area contributed by atoms with Crippen molar-refractivity contribution in [3.63, 3.8) is 0 Å². The number of rotatable bonds is 8. The molecule has 2 aromatic carbocycles. The van der Waals surface area contributed by atoms with Crippen molar-refractivity contribution < 1.29 is 9.90 Å². The highest BCUT2D eigenvalue weighted by atomic mass is 32.2. The second kappa shape index (κ2) is 8.78. The van der Waals surface area contributed by atoms with Gasteiger partial charge in [0.25, 0.3) is 0 Å². The van der Waals surface area contributed by atoms with Gasteiger partial charge in [0.2, 0.25) is 0 Å². The molecule has 0 saturated heterocycles. The smallest absolute Gasteiger partial charge is 0.335 e.